The second-order valence-electron chi connectivity index (χ2n) is 5.02. The normalized spacial score (nSPS) is 11.1. The third-order valence-electron chi connectivity index (χ3n) is 2.67. The van der Waals surface area contributed by atoms with Gasteiger partial charge in [0, 0.05) is 11.7 Å². The van der Waals surface area contributed by atoms with Gasteiger partial charge in [-0.25, -0.2) is 0 Å². The van der Waals surface area contributed by atoms with Gasteiger partial charge in [-0.15, -0.1) is 11.6 Å². The molecule has 0 unspecified atom stereocenters. The zero-order valence-electron chi connectivity index (χ0n) is 12.0. The van der Waals surface area contributed by atoms with Crippen molar-refractivity contribution in [1.82, 2.24) is 0 Å². The Morgan fingerprint density at radius 1 is 1.32 bits per heavy atom. The fourth-order valence-electron chi connectivity index (χ4n) is 1.85. The number of anilines is 1. The van der Waals surface area contributed by atoms with Crippen molar-refractivity contribution in [3.8, 4) is 0 Å². The lowest BCUT2D eigenvalue weighted by atomic mass is 10.1. The summed E-state index contributed by atoms with van der Waals surface area (Å²) in [6, 6.07) is 7.91. The quantitative estimate of drug-likeness (QED) is 0.747. The summed E-state index contributed by atoms with van der Waals surface area (Å²) in [4.78, 5) is 13.6. The number of rotatable bonds is 6. The molecule has 0 saturated carbocycles. The van der Waals surface area contributed by atoms with Crippen molar-refractivity contribution >= 4 is 23.2 Å². The van der Waals surface area contributed by atoms with Gasteiger partial charge in [0.2, 0.25) is 5.91 Å². The van der Waals surface area contributed by atoms with E-state index in [1.807, 2.05) is 52.0 Å². The van der Waals surface area contributed by atoms with Crippen LogP contribution in [0.1, 0.15) is 33.3 Å². The van der Waals surface area contributed by atoms with Gasteiger partial charge in [-0.1, -0.05) is 12.1 Å². The molecule has 0 N–H and O–H groups in total. The first-order valence-electron chi connectivity index (χ1n) is 6.54. The third-order valence-corrected chi connectivity index (χ3v) is 2.90. The van der Waals surface area contributed by atoms with E-state index < -0.39 is 0 Å². The van der Waals surface area contributed by atoms with E-state index in [4.69, 9.17) is 16.3 Å². The molecule has 1 amide bonds. The lowest BCUT2D eigenvalue weighted by Crippen LogP contribution is -2.37. The van der Waals surface area contributed by atoms with Crippen LogP contribution in [0.5, 0.6) is 0 Å². The van der Waals surface area contributed by atoms with Gasteiger partial charge in [0.1, 0.15) is 5.88 Å². The van der Waals surface area contributed by atoms with E-state index in [-0.39, 0.29) is 23.9 Å². The number of carbonyl (C=O) groups excluding carboxylic acids is 1. The lowest BCUT2D eigenvalue weighted by Gasteiger charge is -2.26. The highest BCUT2D eigenvalue weighted by Gasteiger charge is 2.18. The van der Waals surface area contributed by atoms with Crippen LogP contribution >= 0.6 is 11.6 Å². The predicted octanol–water partition coefficient (Wildman–Crippen LogP) is 3.59. The van der Waals surface area contributed by atoms with Crippen LogP contribution in [0, 0.1) is 0 Å². The monoisotopic (exact) mass is 283 g/mol. The molecule has 0 aliphatic carbocycles. The SMILES string of the molecule is CC(C)OCc1cccc(N(C(=O)CCl)C(C)C)c1. The summed E-state index contributed by atoms with van der Waals surface area (Å²) in [7, 11) is 0. The van der Waals surface area contributed by atoms with Gasteiger partial charge in [0.25, 0.3) is 0 Å². The number of benzene rings is 1. The molecular formula is C15H22ClNO2. The standard InChI is InChI=1S/C15H22ClNO2/c1-11(2)17(15(18)9-16)14-7-5-6-13(8-14)10-19-12(3)4/h5-8,11-12H,9-10H2,1-4H3. The molecule has 1 aromatic rings. The molecule has 1 rings (SSSR count). The minimum Gasteiger partial charge on any atom is -0.374 e. The molecule has 0 radical (unpaired) electrons. The Hall–Kier alpha value is -1.06. The summed E-state index contributed by atoms with van der Waals surface area (Å²) in [5, 5.41) is 0. The molecule has 0 atom stereocenters. The summed E-state index contributed by atoms with van der Waals surface area (Å²) in [6.45, 7) is 8.50. The molecule has 19 heavy (non-hydrogen) atoms. The van der Waals surface area contributed by atoms with Crippen LogP contribution in [0.15, 0.2) is 24.3 Å². The number of ether oxygens (including phenoxy) is 1. The van der Waals surface area contributed by atoms with E-state index in [1.165, 1.54) is 0 Å². The summed E-state index contributed by atoms with van der Waals surface area (Å²) in [5.41, 5.74) is 1.92. The Labute approximate surface area is 120 Å². The summed E-state index contributed by atoms with van der Waals surface area (Å²) < 4.78 is 5.58. The molecule has 0 aliphatic heterocycles. The highest BCUT2D eigenvalue weighted by molar-refractivity contribution is 6.29. The molecule has 1 aromatic carbocycles. The third kappa shape index (κ3) is 4.84. The summed E-state index contributed by atoms with van der Waals surface area (Å²) >= 11 is 5.67. The summed E-state index contributed by atoms with van der Waals surface area (Å²) in [6.07, 6.45) is 0.189. The fraction of sp³-hybridized carbons (Fsp3) is 0.533. The van der Waals surface area contributed by atoms with E-state index in [1.54, 1.807) is 4.90 Å². The molecule has 0 bridgehead atoms. The minimum atomic E-state index is -0.0846. The van der Waals surface area contributed by atoms with Crippen molar-refractivity contribution in [3.63, 3.8) is 0 Å². The lowest BCUT2D eigenvalue weighted by molar-refractivity contribution is -0.116. The molecule has 3 nitrogen and oxygen atoms in total. The van der Waals surface area contributed by atoms with Crippen LogP contribution in [0.4, 0.5) is 5.69 Å². The zero-order chi connectivity index (χ0) is 14.4. The van der Waals surface area contributed by atoms with Gasteiger partial charge in [0.05, 0.1) is 12.7 Å². The molecule has 0 fully saturated rings. The average molecular weight is 284 g/mol. The van der Waals surface area contributed by atoms with Gasteiger partial charge in [-0.05, 0) is 45.4 Å². The van der Waals surface area contributed by atoms with E-state index in [0.717, 1.165) is 11.3 Å². The molecule has 0 aliphatic rings. The zero-order valence-corrected chi connectivity index (χ0v) is 12.8. The van der Waals surface area contributed by atoms with Crippen molar-refractivity contribution < 1.29 is 9.53 Å². The van der Waals surface area contributed by atoms with Crippen LogP contribution in [0.2, 0.25) is 0 Å². The molecule has 0 spiro atoms. The van der Waals surface area contributed by atoms with Crippen LogP contribution in [0.25, 0.3) is 0 Å². The Morgan fingerprint density at radius 3 is 2.53 bits per heavy atom. The predicted molar refractivity (Wildman–Crippen MR) is 79.7 cm³/mol. The van der Waals surface area contributed by atoms with Gasteiger partial charge in [-0.2, -0.15) is 0 Å². The maximum atomic E-state index is 11.9. The molecule has 0 aromatic heterocycles. The van der Waals surface area contributed by atoms with Crippen LogP contribution in [-0.2, 0) is 16.1 Å². The Kier molecular flexibility index (Phi) is 6.32. The Morgan fingerprint density at radius 2 is 2.00 bits per heavy atom. The Bertz CT molecular complexity index is 418. The van der Waals surface area contributed by atoms with Crippen LogP contribution < -0.4 is 4.90 Å². The number of alkyl halides is 1. The van der Waals surface area contributed by atoms with Gasteiger partial charge < -0.3 is 9.64 Å². The van der Waals surface area contributed by atoms with E-state index >= 15 is 0 Å². The first kappa shape index (κ1) is 16.0. The Balaban J connectivity index is 2.92. The number of hydrogen-bond donors (Lipinski definition) is 0. The highest BCUT2D eigenvalue weighted by atomic mass is 35.5. The second-order valence-corrected chi connectivity index (χ2v) is 5.29. The van der Waals surface area contributed by atoms with Crippen LogP contribution in [-0.4, -0.2) is 23.9 Å². The fourth-order valence-corrected chi connectivity index (χ4v) is 1.98. The summed E-state index contributed by atoms with van der Waals surface area (Å²) in [5.74, 6) is -0.0937. The van der Waals surface area contributed by atoms with E-state index in [9.17, 15) is 4.79 Å². The highest BCUT2D eigenvalue weighted by Crippen LogP contribution is 2.20. The molecule has 4 heteroatoms. The van der Waals surface area contributed by atoms with Crippen LogP contribution in [0.3, 0.4) is 0 Å². The average Bonchev–Trinajstić information content (AvgIpc) is 2.36. The smallest absolute Gasteiger partial charge is 0.242 e. The van der Waals surface area contributed by atoms with Crippen molar-refractivity contribution in [1.29, 1.82) is 0 Å². The van der Waals surface area contributed by atoms with Crippen molar-refractivity contribution in [2.24, 2.45) is 0 Å². The van der Waals surface area contributed by atoms with Crippen molar-refractivity contribution in [3.05, 3.63) is 29.8 Å². The minimum absolute atomic E-state index is 0.00903. The number of hydrogen-bond acceptors (Lipinski definition) is 2. The molecule has 106 valence electrons. The van der Waals surface area contributed by atoms with Gasteiger partial charge in [-0.3, -0.25) is 4.79 Å². The largest absolute Gasteiger partial charge is 0.374 e. The second kappa shape index (κ2) is 7.51. The maximum Gasteiger partial charge on any atom is 0.242 e. The number of carbonyl (C=O) groups is 1. The van der Waals surface area contributed by atoms with Gasteiger partial charge in [0.15, 0.2) is 0 Å². The van der Waals surface area contributed by atoms with E-state index in [0.29, 0.717) is 6.61 Å². The first-order chi connectivity index (χ1) is 8.95. The van der Waals surface area contributed by atoms with Crippen molar-refractivity contribution in [2.45, 2.75) is 46.4 Å². The van der Waals surface area contributed by atoms with E-state index in [2.05, 4.69) is 0 Å². The first-order valence-corrected chi connectivity index (χ1v) is 7.07. The number of amides is 1. The molecular weight excluding hydrogens is 262 g/mol. The van der Waals surface area contributed by atoms with Crippen molar-refractivity contribution in [2.75, 3.05) is 10.8 Å². The topological polar surface area (TPSA) is 29.5 Å². The number of halogens is 1. The maximum absolute atomic E-state index is 11.9. The molecule has 0 saturated heterocycles. The molecule has 0 heterocycles. The number of nitrogens with zero attached hydrogens (tertiary/aromatic N) is 1. The van der Waals surface area contributed by atoms with Gasteiger partial charge >= 0.3 is 0 Å².